The third-order valence-electron chi connectivity index (χ3n) is 6.62. The van der Waals surface area contributed by atoms with Crippen molar-refractivity contribution in [1.29, 1.82) is 0 Å². The van der Waals surface area contributed by atoms with E-state index in [-0.39, 0.29) is 44.9 Å². The summed E-state index contributed by atoms with van der Waals surface area (Å²) < 4.78 is 58.7. The minimum absolute atomic E-state index is 0.0620. The van der Waals surface area contributed by atoms with E-state index >= 15 is 0 Å². The van der Waals surface area contributed by atoms with Crippen LogP contribution in [0.4, 0.5) is 40.6 Å². The molecule has 222 valence electrons. The second-order valence-corrected chi connectivity index (χ2v) is 9.59. The summed E-state index contributed by atoms with van der Waals surface area (Å²) in [5.41, 5.74) is 6.48. The number of aromatic nitrogens is 4. The Morgan fingerprint density at radius 1 is 1.19 bits per heavy atom. The Morgan fingerprint density at radius 3 is 2.70 bits per heavy atom. The summed E-state index contributed by atoms with van der Waals surface area (Å²) in [6, 6.07) is 8.16. The van der Waals surface area contributed by atoms with Gasteiger partial charge < -0.3 is 20.7 Å². The molecule has 1 saturated heterocycles. The Labute approximate surface area is 242 Å². The maximum Gasteiger partial charge on any atom is 0.504 e. The predicted molar refractivity (Wildman–Crippen MR) is 149 cm³/mol. The quantitative estimate of drug-likeness (QED) is 0.137. The number of nitrogens with two attached hydrogens (primary N) is 1. The molecule has 15 heteroatoms. The van der Waals surface area contributed by atoms with Gasteiger partial charge in [0, 0.05) is 43.7 Å². The minimum Gasteiger partial charge on any atom is -0.496 e. The molecule has 0 aliphatic carbocycles. The molecule has 1 aliphatic rings. The highest BCUT2D eigenvalue weighted by atomic mass is 19.4. The molecule has 1 fully saturated rings. The lowest BCUT2D eigenvalue weighted by Crippen LogP contribution is -2.43. The second-order valence-electron chi connectivity index (χ2n) is 9.59. The van der Waals surface area contributed by atoms with Crippen molar-refractivity contribution < 1.29 is 27.2 Å². The van der Waals surface area contributed by atoms with Gasteiger partial charge in [0.2, 0.25) is 0 Å². The van der Waals surface area contributed by atoms with Crippen LogP contribution in [0.15, 0.2) is 55.0 Å². The predicted octanol–water partition coefficient (Wildman–Crippen LogP) is 4.94. The third-order valence-corrected chi connectivity index (χ3v) is 6.62. The van der Waals surface area contributed by atoms with Gasteiger partial charge in [0.05, 0.1) is 40.6 Å². The van der Waals surface area contributed by atoms with Crippen molar-refractivity contribution in [2.45, 2.75) is 25.2 Å². The SMILES string of the molecule is COc1cccc(F)c1-c1nc(Nc2cc(N3CCC[C@H](N)C3)c(C#Cc3cnn(C(F)(F)F)c3)cn2)ccc1[N+](=O)[O-]. The van der Waals surface area contributed by atoms with Gasteiger partial charge >= 0.3 is 6.30 Å². The summed E-state index contributed by atoms with van der Waals surface area (Å²) in [7, 11) is 1.32. The molecule has 0 spiro atoms. The van der Waals surface area contributed by atoms with Gasteiger partial charge in [-0.2, -0.15) is 9.78 Å². The van der Waals surface area contributed by atoms with Crippen molar-refractivity contribution in [2.24, 2.45) is 5.73 Å². The van der Waals surface area contributed by atoms with Crippen LogP contribution < -0.4 is 20.7 Å². The summed E-state index contributed by atoms with van der Waals surface area (Å²) in [5.74, 6) is 5.32. The van der Waals surface area contributed by atoms with Crippen molar-refractivity contribution >= 4 is 23.0 Å². The molecular formula is C28H24F4N8O3. The monoisotopic (exact) mass is 596 g/mol. The zero-order valence-corrected chi connectivity index (χ0v) is 22.6. The average molecular weight is 597 g/mol. The van der Waals surface area contributed by atoms with Crippen LogP contribution in [0, 0.1) is 27.8 Å². The standard InChI is InChI=1S/C28H24F4N8O3/c1-43-23-6-2-5-20(29)26(23)27-21(40(41)42)9-10-24(37-27)36-25-12-22(38-11-3-4-19(33)16-38)18(14-34-25)8-7-17-13-35-39(15-17)28(30,31)32/h2,5-6,9-10,12-15,19H,3-4,11,16,33H2,1H3,(H,34,36,37)/t19-/m0/s1. The molecule has 0 unspecified atom stereocenters. The molecule has 1 aliphatic heterocycles. The number of nitrogens with zero attached hydrogens (tertiary/aromatic N) is 6. The summed E-state index contributed by atoms with van der Waals surface area (Å²) in [4.78, 5) is 21.8. The van der Waals surface area contributed by atoms with Crippen molar-refractivity contribution in [2.75, 3.05) is 30.4 Å². The van der Waals surface area contributed by atoms with Crippen LogP contribution in [0.1, 0.15) is 24.0 Å². The number of halogens is 4. The number of ether oxygens (including phenoxy) is 1. The molecule has 1 atom stereocenters. The van der Waals surface area contributed by atoms with Gasteiger partial charge in [-0.3, -0.25) is 10.1 Å². The van der Waals surface area contributed by atoms with Gasteiger partial charge in [0.15, 0.2) is 5.69 Å². The zero-order chi connectivity index (χ0) is 30.7. The van der Waals surface area contributed by atoms with Crippen molar-refractivity contribution in [1.82, 2.24) is 19.7 Å². The van der Waals surface area contributed by atoms with Gasteiger partial charge in [-0.25, -0.2) is 14.4 Å². The fourth-order valence-electron chi connectivity index (χ4n) is 4.65. The number of hydrogen-bond donors (Lipinski definition) is 2. The lowest BCUT2D eigenvalue weighted by Gasteiger charge is -2.33. The third kappa shape index (κ3) is 6.49. The normalized spacial score (nSPS) is 15.0. The number of piperidine rings is 1. The molecule has 5 rings (SSSR count). The van der Waals surface area contributed by atoms with Crippen LogP contribution in [0.2, 0.25) is 0 Å². The summed E-state index contributed by atoms with van der Waals surface area (Å²) in [6.07, 6.45) is 0.241. The smallest absolute Gasteiger partial charge is 0.496 e. The summed E-state index contributed by atoms with van der Waals surface area (Å²) in [5, 5.41) is 18.1. The topological polar surface area (TPSA) is 137 Å². The van der Waals surface area contributed by atoms with Gasteiger partial charge in [-0.1, -0.05) is 17.9 Å². The largest absolute Gasteiger partial charge is 0.504 e. The highest BCUT2D eigenvalue weighted by Crippen LogP contribution is 2.38. The molecule has 0 amide bonds. The van der Waals surface area contributed by atoms with E-state index in [0.717, 1.165) is 31.3 Å². The van der Waals surface area contributed by atoms with E-state index in [0.29, 0.717) is 24.3 Å². The first-order chi connectivity index (χ1) is 20.5. The zero-order valence-electron chi connectivity index (χ0n) is 22.6. The molecule has 3 aromatic heterocycles. The molecular weight excluding hydrogens is 572 g/mol. The van der Waals surface area contributed by atoms with Crippen LogP contribution >= 0.6 is 0 Å². The minimum atomic E-state index is -4.66. The van der Waals surface area contributed by atoms with Crippen molar-refractivity contribution in [3.8, 4) is 28.8 Å². The highest BCUT2D eigenvalue weighted by molar-refractivity contribution is 5.77. The Hall–Kier alpha value is -5.23. The molecule has 3 N–H and O–H groups in total. The Bertz CT molecular complexity index is 1730. The molecule has 43 heavy (non-hydrogen) atoms. The highest BCUT2D eigenvalue weighted by Gasteiger charge is 2.31. The van der Waals surface area contributed by atoms with E-state index in [1.807, 2.05) is 4.90 Å². The molecule has 4 heterocycles. The van der Waals surface area contributed by atoms with Crippen molar-refractivity contribution in [3.05, 3.63) is 82.0 Å². The number of rotatable bonds is 6. The first kappa shape index (κ1) is 29.3. The maximum atomic E-state index is 14.8. The Kier molecular flexibility index (Phi) is 8.13. The molecule has 1 aromatic carbocycles. The first-order valence-electron chi connectivity index (χ1n) is 12.9. The van der Waals surface area contributed by atoms with Crippen molar-refractivity contribution in [3.63, 3.8) is 0 Å². The summed E-state index contributed by atoms with van der Waals surface area (Å²) >= 11 is 0. The fraction of sp³-hybridized carbons (Fsp3) is 0.250. The Morgan fingerprint density at radius 2 is 2.00 bits per heavy atom. The van der Waals surface area contributed by atoms with Gasteiger partial charge in [0.25, 0.3) is 5.69 Å². The fourth-order valence-corrected chi connectivity index (χ4v) is 4.65. The number of anilines is 3. The molecule has 0 bridgehead atoms. The van der Waals surface area contributed by atoms with E-state index in [4.69, 9.17) is 10.5 Å². The number of nitrogens with one attached hydrogen (secondary N) is 1. The van der Waals surface area contributed by atoms with Crippen LogP contribution in [-0.4, -0.2) is 50.9 Å². The average Bonchev–Trinajstić information content (AvgIpc) is 3.46. The van der Waals surface area contributed by atoms with Crippen LogP contribution in [-0.2, 0) is 6.30 Å². The van der Waals surface area contributed by atoms with E-state index in [1.165, 1.54) is 37.6 Å². The Balaban J connectivity index is 1.52. The molecule has 4 aromatic rings. The van der Waals surface area contributed by atoms with Crippen LogP contribution in [0.5, 0.6) is 5.75 Å². The van der Waals surface area contributed by atoms with Gasteiger partial charge in [0.1, 0.15) is 23.2 Å². The van der Waals surface area contributed by atoms with E-state index in [9.17, 15) is 27.7 Å². The number of alkyl halides is 3. The number of pyridine rings is 2. The lowest BCUT2D eigenvalue weighted by molar-refractivity contribution is -0.384. The van der Waals surface area contributed by atoms with Crippen LogP contribution in [0.25, 0.3) is 11.3 Å². The van der Waals surface area contributed by atoms with Gasteiger partial charge in [-0.15, -0.1) is 13.2 Å². The number of methoxy groups -OCH3 is 1. The van der Waals surface area contributed by atoms with E-state index in [2.05, 4.69) is 32.2 Å². The molecule has 11 nitrogen and oxygen atoms in total. The number of hydrogen-bond acceptors (Lipinski definition) is 9. The molecule has 0 saturated carbocycles. The van der Waals surface area contributed by atoms with E-state index in [1.54, 1.807) is 6.07 Å². The molecule has 0 radical (unpaired) electrons. The maximum absolute atomic E-state index is 14.8. The summed E-state index contributed by atoms with van der Waals surface area (Å²) in [6.45, 7) is 1.17. The number of nitro groups is 1. The van der Waals surface area contributed by atoms with Gasteiger partial charge in [-0.05, 0) is 31.0 Å². The lowest BCUT2D eigenvalue weighted by atomic mass is 10.0. The second kappa shape index (κ2) is 11.9. The number of benzene rings is 1. The van der Waals surface area contributed by atoms with E-state index < -0.39 is 22.7 Å². The first-order valence-corrected chi connectivity index (χ1v) is 12.9. The van der Waals surface area contributed by atoms with Crippen LogP contribution in [0.3, 0.4) is 0 Å².